The van der Waals surface area contributed by atoms with Gasteiger partial charge in [-0.25, -0.2) is 0 Å². The van der Waals surface area contributed by atoms with E-state index in [-0.39, 0.29) is 12.4 Å². The lowest BCUT2D eigenvalue weighted by Crippen LogP contribution is -2.28. The van der Waals surface area contributed by atoms with E-state index < -0.39 is 0 Å². The van der Waals surface area contributed by atoms with Crippen LogP contribution in [0.15, 0.2) is 24.3 Å². The third-order valence-corrected chi connectivity index (χ3v) is 3.37. The van der Waals surface area contributed by atoms with Crippen molar-refractivity contribution in [2.45, 2.75) is 26.2 Å². The SMILES string of the molecule is CCOc1cccc(OCCC2CCNCC2)c1.Cl. The first-order valence-electron chi connectivity index (χ1n) is 6.95. The van der Waals surface area contributed by atoms with Crippen molar-refractivity contribution in [3.05, 3.63) is 24.3 Å². The summed E-state index contributed by atoms with van der Waals surface area (Å²) in [4.78, 5) is 0. The highest BCUT2D eigenvalue weighted by Crippen LogP contribution is 2.21. The van der Waals surface area contributed by atoms with E-state index in [0.717, 1.165) is 43.5 Å². The Labute approximate surface area is 122 Å². The average Bonchev–Trinajstić information content (AvgIpc) is 2.41. The zero-order valence-corrected chi connectivity index (χ0v) is 12.4. The molecule has 0 saturated carbocycles. The molecule has 3 nitrogen and oxygen atoms in total. The van der Waals surface area contributed by atoms with Crippen molar-refractivity contribution < 1.29 is 9.47 Å². The molecule has 2 rings (SSSR count). The lowest BCUT2D eigenvalue weighted by atomic mass is 9.95. The Morgan fingerprint density at radius 3 is 2.53 bits per heavy atom. The molecule has 0 atom stereocenters. The number of benzene rings is 1. The summed E-state index contributed by atoms with van der Waals surface area (Å²) in [5, 5.41) is 3.39. The number of hydrogen-bond acceptors (Lipinski definition) is 3. The lowest BCUT2D eigenvalue weighted by Gasteiger charge is -2.22. The molecule has 0 aliphatic carbocycles. The summed E-state index contributed by atoms with van der Waals surface area (Å²) in [6.07, 6.45) is 3.71. The summed E-state index contributed by atoms with van der Waals surface area (Å²) in [6.45, 7) is 5.80. The van der Waals surface area contributed by atoms with E-state index in [9.17, 15) is 0 Å². The molecule has 0 radical (unpaired) electrons. The molecule has 1 aromatic rings. The highest BCUT2D eigenvalue weighted by Gasteiger charge is 2.12. The standard InChI is InChI=1S/C15H23NO2.ClH/c1-2-17-14-4-3-5-15(12-14)18-11-8-13-6-9-16-10-7-13;/h3-5,12-13,16H,2,6-11H2,1H3;1H. The van der Waals surface area contributed by atoms with Crippen molar-refractivity contribution in [2.75, 3.05) is 26.3 Å². The predicted octanol–water partition coefficient (Wildman–Crippen LogP) is 3.28. The van der Waals surface area contributed by atoms with E-state index >= 15 is 0 Å². The van der Waals surface area contributed by atoms with Crippen molar-refractivity contribution in [1.29, 1.82) is 0 Å². The summed E-state index contributed by atoms with van der Waals surface area (Å²) in [5.74, 6) is 2.62. The van der Waals surface area contributed by atoms with E-state index in [2.05, 4.69) is 5.32 Å². The van der Waals surface area contributed by atoms with Gasteiger partial charge in [-0.1, -0.05) is 6.07 Å². The maximum atomic E-state index is 5.80. The van der Waals surface area contributed by atoms with Crippen molar-refractivity contribution in [3.63, 3.8) is 0 Å². The van der Waals surface area contributed by atoms with E-state index in [0.29, 0.717) is 6.61 Å². The lowest BCUT2D eigenvalue weighted by molar-refractivity contribution is 0.250. The van der Waals surface area contributed by atoms with Crippen molar-refractivity contribution in [2.24, 2.45) is 5.92 Å². The largest absolute Gasteiger partial charge is 0.494 e. The number of hydrogen-bond donors (Lipinski definition) is 1. The monoisotopic (exact) mass is 285 g/mol. The third kappa shape index (κ3) is 5.70. The molecule has 0 bridgehead atoms. The van der Waals surface area contributed by atoms with Gasteiger partial charge in [0, 0.05) is 6.07 Å². The minimum Gasteiger partial charge on any atom is -0.494 e. The first-order chi connectivity index (χ1) is 8.88. The number of ether oxygens (including phenoxy) is 2. The van der Waals surface area contributed by atoms with Gasteiger partial charge in [-0.2, -0.15) is 0 Å². The molecule has 0 aromatic heterocycles. The second-order valence-corrected chi connectivity index (χ2v) is 4.74. The van der Waals surface area contributed by atoms with Gasteiger partial charge in [0.2, 0.25) is 0 Å². The summed E-state index contributed by atoms with van der Waals surface area (Å²) in [7, 11) is 0. The molecule has 0 spiro atoms. The zero-order valence-electron chi connectivity index (χ0n) is 11.6. The molecule has 1 N–H and O–H groups in total. The Hall–Kier alpha value is -0.930. The van der Waals surface area contributed by atoms with E-state index in [1.807, 2.05) is 31.2 Å². The van der Waals surface area contributed by atoms with Gasteiger partial charge in [0.25, 0.3) is 0 Å². The zero-order chi connectivity index (χ0) is 12.6. The molecule has 108 valence electrons. The Morgan fingerprint density at radius 1 is 1.16 bits per heavy atom. The highest BCUT2D eigenvalue weighted by atomic mass is 35.5. The van der Waals surface area contributed by atoms with Crippen LogP contribution in [0.4, 0.5) is 0 Å². The second-order valence-electron chi connectivity index (χ2n) is 4.74. The molecule has 1 aromatic carbocycles. The van der Waals surface area contributed by atoms with Crippen LogP contribution in [0.25, 0.3) is 0 Å². The molecule has 1 aliphatic rings. The van der Waals surface area contributed by atoms with Crippen LogP contribution in [-0.2, 0) is 0 Å². The molecule has 4 heteroatoms. The maximum absolute atomic E-state index is 5.80. The van der Waals surface area contributed by atoms with Crippen LogP contribution in [0.3, 0.4) is 0 Å². The van der Waals surface area contributed by atoms with Gasteiger partial charge in [-0.05, 0) is 57.3 Å². The molecule has 1 aliphatic heterocycles. The van der Waals surface area contributed by atoms with Gasteiger partial charge < -0.3 is 14.8 Å². The van der Waals surface area contributed by atoms with E-state index in [1.165, 1.54) is 12.8 Å². The smallest absolute Gasteiger partial charge is 0.122 e. The predicted molar refractivity (Wildman–Crippen MR) is 80.6 cm³/mol. The van der Waals surface area contributed by atoms with Gasteiger partial charge in [0.05, 0.1) is 13.2 Å². The van der Waals surface area contributed by atoms with Crippen LogP contribution in [0.1, 0.15) is 26.2 Å². The van der Waals surface area contributed by atoms with Crippen LogP contribution in [0.2, 0.25) is 0 Å². The fourth-order valence-electron chi connectivity index (χ4n) is 2.33. The summed E-state index contributed by atoms with van der Waals surface area (Å²) in [5.41, 5.74) is 0. The summed E-state index contributed by atoms with van der Waals surface area (Å²) >= 11 is 0. The Kier molecular flexibility index (Phi) is 7.68. The maximum Gasteiger partial charge on any atom is 0.122 e. The first-order valence-corrected chi connectivity index (χ1v) is 6.95. The van der Waals surface area contributed by atoms with Gasteiger partial charge in [-0.3, -0.25) is 0 Å². The Morgan fingerprint density at radius 2 is 1.84 bits per heavy atom. The quantitative estimate of drug-likeness (QED) is 0.870. The fourth-order valence-corrected chi connectivity index (χ4v) is 2.33. The van der Waals surface area contributed by atoms with E-state index in [1.54, 1.807) is 0 Å². The molecule has 0 unspecified atom stereocenters. The Bertz CT molecular complexity index is 354. The van der Waals surface area contributed by atoms with Gasteiger partial charge >= 0.3 is 0 Å². The van der Waals surface area contributed by atoms with Crippen LogP contribution in [0.5, 0.6) is 11.5 Å². The molecule has 0 amide bonds. The first kappa shape index (κ1) is 16.1. The Balaban J connectivity index is 0.00000180. The second kappa shape index (κ2) is 9.05. The fraction of sp³-hybridized carbons (Fsp3) is 0.600. The number of piperidine rings is 1. The average molecular weight is 286 g/mol. The normalized spacial score (nSPS) is 15.6. The molecule has 1 heterocycles. The topological polar surface area (TPSA) is 30.5 Å². The molecule has 1 saturated heterocycles. The molecular formula is C15H24ClNO2. The highest BCUT2D eigenvalue weighted by molar-refractivity contribution is 5.85. The van der Waals surface area contributed by atoms with Crippen molar-refractivity contribution in [3.8, 4) is 11.5 Å². The minimum absolute atomic E-state index is 0. The van der Waals surface area contributed by atoms with Crippen LogP contribution >= 0.6 is 12.4 Å². The van der Waals surface area contributed by atoms with Gasteiger partial charge in [0.15, 0.2) is 0 Å². The minimum atomic E-state index is 0. The molecular weight excluding hydrogens is 262 g/mol. The number of nitrogens with one attached hydrogen (secondary N) is 1. The summed E-state index contributed by atoms with van der Waals surface area (Å²) in [6, 6.07) is 7.89. The van der Waals surface area contributed by atoms with Gasteiger partial charge in [-0.15, -0.1) is 12.4 Å². The van der Waals surface area contributed by atoms with Crippen LogP contribution in [-0.4, -0.2) is 26.3 Å². The number of rotatable bonds is 6. The van der Waals surface area contributed by atoms with Gasteiger partial charge in [0.1, 0.15) is 11.5 Å². The van der Waals surface area contributed by atoms with Crippen molar-refractivity contribution in [1.82, 2.24) is 5.32 Å². The van der Waals surface area contributed by atoms with Crippen molar-refractivity contribution >= 4 is 12.4 Å². The number of halogens is 1. The van der Waals surface area contributed by atoms with E-state index in [4.69, 9.17) is 9.47 Å². The molecule has 1 fully saturated rings. The van der Waals surface area contributed by atoms with Crippen LogP contribution in [0, 0.1) is 5.92 Å². The third-order valence-electron chi connectivity index (χ3n) is 3.37. The molecule has 19 heavy (non-hydrogen) atoms. The summed E-state index contributed by atoms with van der Waals surface area (Å²) < 4.78 is 11.2. The van der Waals surface area contributed by atoms with Crippen LogP contribution < -0.4 is 14.8 Å².